The second kappa shape index (κ2) is 7.12. The monoisotopic (exact) mass is 338 g/mol. The van der Waals surface area contributed by atoms with E-state index in [0.29, 0.717) is 29.5 Å². The number of rotatable bonds is 5. The molecular formula is C18H18N4O3. The van der Waals surface area contributed by atoms with Crippen LogP contribution in [-0.4, -0.2) is 27.1 Å². The molecule has 0 saturated heterocycles. The molecule has 0 aliphatic rings. The minimum atomic E-state index is -0.358. The lowest BCUT2D eigenvalue weighted by atomic mass is 10.3. The van der Waals surface area contributed by atoms with Crippen LogP contribution in [0.4, 0.5) is 11.5 Å². The van der Waals surface area contributed by atoms with Crippen molar-refractivity contribution in [1.29, 1.82) is 0 Å². The summed E-state index contributed by atoms with van der Waals surface area (Å²) < 4.78 is 6.79. The lowest BCUT2D eigenvalue weighted by Gasteiger charge is -2.01. The van der Waals surface area contributed by atoms with Crippen molar-refractivity contribution in [2.45, 2.75) is 20.3 Å². The predicted molar refractivity (Wildman–Crippen MR) is 92.5 cm³/mol. The summed E-state index contributed by atoms with van der Waals surface area (Å²) in [6.07, 6.45) is 1.87. The first-order valence-electron chi connectivity index (χ1n) is 7.91. The molecule has 0 fully saturated rings. The van der Waals surface area contributed by atoms with E-state index in [1.54, 1.807) is 23.5 Å². The number of carbonyl (C=O) groups excluding carboxylic acids is 1. The average Bonchev–Trinajstić information content (AvgIpc) is 2.90. The van der Waals surface area contributed by atoms with Gasteiger partial charge < -0.3 is 9.84 Å². The Balaban J connectivity index is 2.00. The van der Waals surface area contributed by atoms with Crippen LogP contribution in [0.5, 0.6) is 5.75 Å². The zero-order valence-corrected chi connectivity index (χ0v) is 14.0. The molecule has 0 bridgehead atoms. The number of hydrogen-bond acceptors (Lipinski definition) is 6. The van der Waals surface area contributed by atoms with Gasteiger partial charge in [0, 0.05) is 6.20 Å². The normalized spacial score (nSPS) is 11.3. The van der Waals surface area contributed by atoms with Gasteiger partial charge >= 0.3 is 5.97 Å². The van der Waals surface area contributed by atoms with Crippen LogP contribution < -0.4 is 0 Å². The molecule has 128 valence electrons. The summed E-state index contributed by atoms with van der Waals surface area (Å²) in [4.78, 5) is 16.3. The standard InChI is InChI=1S/C18H18N4O3/c1-3-25-17(24)11-15-18(21-20-13-4-6-14(23)7-5-13)22-9-8-12(2)10-16(22)19-15/h4-10,23H,3,11H2,1-2H3. The minimum Gasteiger partial charge on any atom is -0.508 e. The number of benzene rings is 1. The number of nitrogens with zero attached hydrogens (tertiary/aromatic N) is 4. The van der Waals surface area contributed by atoms with Crippen LogP contribution in [0.15, 0.2) is 52.8 Å². The number of ether oxygens (including phenoxy) is 1. The highest BCUT2D eigenvalue weighted by molar-refractivity contribution is 5.74. The highest BCUT2D eigenvalue weighted by Crippen LogP contribution is 2.26. The van der Waals surface area contributed by atoms with E-state index in [0.717, 1.165) is 5.56 Å². The van der Waals surface area contributed by atoms with Crippen molar-refractivity contribution < 1.29 is 14.6 Å². The summed E-state index contributed by atoms with van der Waals surface area (Å²) in [5.74, 6) is 0.284. The van der Waals surface area contributed by atoms with Gasteiger partial charge in [0.1, 0.15) is 11.4 Å². The molecule has 0 unspecified atom stereocenters. The number of aromatic hydroxyl groups is 1. The molecule has 0 saturated carbocycles. The lowest BCUT2D eigenvalue weighted by molar-refractivity contribution is -0.142. The second-order valence-corrected chi connectivity index (χ2v) is 5.51. The molecule has 7 nitrogen and oxygen atoms in total. The number of esters is 1. The number of azo groups is 1. The molecular weight excluding hydrogens is 320 g/mol. The zero-order chi connectivity index (χ0) is 17.8. The molecule has 0 spiro atoms. The van der Waals surface area contributed by atoms with Crippen molar-refractivity contribution in [2.24, 2.45) is 10.2 Å². The quantitative estimate of drug-likeness (QED) is 0.565. The molecule has 1 aromatic carbocycles. The van der Waals surface area contributed by atoms with Gasteiger partial charge in [0.25, 0.3) is 0 Å². The van der Waals surface area contributed by atoms with E-state index in [9.17, 15) is 9.90 Å². The minimum absolute atomic E-state index is 0.0263. The van der Waals surface area contributed by atoms with Crippen molar-refractivity contribution in [3.8, 4) is 5.75 Å². The maximum Gasteiger partial charge on any atom is 0.312 e. The molecule has 2 heterocycles. The Bertz CT molecular complexity index is 929. The molecule has 2 aromatic heterocycles. The van der Waals surface area contributed by atoms with E-state index >= 15 is 0 Å². The van der Waals surface area contributed by atoms with Gasteiger partial charge in [0.2, 0.25) is 0 Å². The van der Waals surface area contributed by atoms with Crippen LogP contribution in [0.2, 0.25) is 0 Å². The number of aryl methyl sites for hydroxylation is 1. The summed E-state index contributed by atoms with van der Waals surface area (Å²) in [5.41, 5.74) is 2.84. The van der Waals surface area contributed by atoms with Gasteiger partial charge in [-0.3, -0.25) is 9.20 Å². The maximum atomic E-state index is 11.8. The Morgan fingerprint density at radius 2 is 2.00 bits per heavy atom. The molecule has 0 aliphatic carbocycles. The zero-order valence-electron chi connectivity index (χ0n) is 14.0. The van der Waals surface area contributed by atoms with Gasteiger partial charge in [-0.2, -0.15) is 0 Å². The third-order valence-corrected chi connectivity index (χ3v) is 3.55. The molecule has 0 atom stereocenters. The topological polar surface area (TPSA) is 88.5 Å². The third-order valence-electron chi connectivity index (χ3n) is 3.55. The van der Waals surface area contributed by atoms with Gasteiger partial charge in [0.15, 0.2) is 5.82 Å². The fraction of sp³-hybridized carbons (Fsp3) is 0.222. The number of imidazole rings is 1. The third kappa shape index (κ3) is 3.82. The summed E-state index contributed by atoms with van der Waals surface area (Å²) in [7, 11) is 0. The maximum absolute atomic E-state index is 11.8. The Labute approximate surface area is 144 Å². The van der Waals surface area contributed by atoms with Gasteiger partial charge in [-0.1, -0.05) is 0 Å². The molecule has 3 aromatic rings. The first-order chi connectivity index (χ1) is 12.1. The number of fused-ring (bicyclic) bond motifs is 1. The SMILES string of the molecule is CCOC(=O)Cc1nc2cc(C)ccn2c1N=Nc1ccc(O)cc1. The Morgan fingerprint density at radius 3 is 2.72 bits per heavy atom. The fourth-order valence-corrected chi connectivity index (χ4v) is 2.38. The predicted octanol–water partition coefficient (Wildman–Crippen LogP) is 3.87. The van der Waals surface area contributed by atoms with E-state index in [4.69, 9.17) is 4.74 Å². The van der Waals surface area contributed by atoms with Crippen LogP contribution in [-0.2, 0) is 16.0 Å². The van der Waals surface area contributed by atoms with E-state index < -0.39 is 0 Å². The summed E-state index contributed by atoms with van der Waals surface area (Å²) in [6.45, 7) is 4.05. The number of aromatic nitrogens is 2. The van der Waals surface area contributed by atoms with Gasteiger partial charge in [-0.05, 0) is 55.8 Å². The van der Waals surface area contributed by atoms with Crippen molar-refractivity contribution in [3.63, 3.8) is 0 Å². The van der Waals surface area contributed by atoms with Gasteiger partial charge in [0.05, 0.1) is 24.4 Å². The van der Waals surface area contributed by atoms with Crippen molar-refractivity contribution >= 4 is 23.1 Å². The highest BCUT2D eigenvalue weighted by Gasteiger charge is 2.16. The number of pyridine rings is 1. The van der Waals surface area contributed by atoms with E-state index in [1.165, 1.54) is 12.1 Å². The van der Waals surface area contributed by atoms with Crippen molar-refractivity contribution in [2.75, 3.05) is 6.61 Å². The molecule has 0 amide bonds. The largest absolute Gasteiger partial charge is 0.508 e. The smallest absolute Gasteiger partial charge is 0.312 e. The molecule has 0 aliphatic heterocycles. The Morgan fingerprint density at radius 1 is 1.24 bits per heavy atom. The van der Waals surface area contributed by atoms with Crippen molar-refractivity contribution in [1.82, 2.24) is 9.38 Å². The van der Waals surface area contributed by atoms with Gasteiger partial charge in [-0.15, -0.1) is 10.2 Å². The molecule has 3 rings (SSSR count). The van der Waals surface area contributed by atoms with Crippen LogP contribution in [0.1, 0.15) is 18.2 Å². The van der Waals surface area contributed by atoms with Crippen LogP contribution in [0.3, 0.4) is 0 Å². The van der Waals surface area contributed by atoms with E-state index in [2.05, 4.69) is 15.2 Å². The van der Waals surface area contributed by atoms with Crippen LogP contribution in [0.25, 0.3) is 5.65 Å². The fourth-order valence-electron chi connectivity index (χ4n) is 2.38. The second-order valence-electron chi connectivity index (χ2n) is 5.51. The Hall–Kier alpha value is -3.22. The van der Waals surface area contributed by atoms with E-state index in [1.807, 2.05) is 25.3 Å². The van der Waals surface area contributed by atoms with Crippen LogP contribution >= 0.6 is 0 Å². The average molecular weight is 338 g/mol. The summed E-state index contributed by atoms with van der Waals surface area (Å²) >= 11 is 0. The first-order valence-corrected chi connectivity index (χ1v) is 7.91. The summed E-state index contributed by atoms with van der Waals surface area (Å²) in [6, 6.07) is 10.2. The summed E-state index contributed by atoms with van der Waals surface area (Å²) in [5, 5.41) is 17.8. The highest BCUT2D eigenvalue weighted by atomic mass is 16.5. The molecule has 7 heteroatoms. The number of hydrogen-bond donors (Lipinski definition) is 1. The molecule has 0 radical (unpaired) electrons. The molecule has 1 N–H and O–H groups in total. The van der Waals surface area contributed by atoms with E-state index in [-0.39, 0.29) is 18.1 Å². The Kier molecular flexibility index (Phi) is 4.74. The number of phenolic OH excluding ortho intramolecular Hbond substituents is 1. The van der Waals surface area contributed by atoms with Crippen LogP contribution in [0, 0.1) is 6.92 Å². The van der Waals surface area contributed by atoms with Gasteiger partial charge in [-0.25, -0.2) is 4.98 Å². The molecule has 25 heavy (non-hydrogen) atoms. The first kappa shape index (κ1) is 16.6. The van der Waals surface area contributed by atoms with Crippen molar-refractivity contribution in [3.05, 3.63) is 53.9 Å². The lowest BCUT2D eigenvalue weighted by Crippen LogP contribution is -2.07. The number of carbonyl (C=O) groups is 1. The number of phenols is 1.